The van der Waals surface area contributed by atoms with Crippen molar-refractivity contribution in [3.05, 3.63) is 12.7 Å². The molecule has 0 rings (SSSR count). The van der Waals surface area contributed by atoms with Crippen LogP contribution in [-0.4, -0.2) is 62.8 Å². The van der Waals surface area contributed by atoms with Gasteiger partial charge in [-0.2, -0.15) is 0 Å². The molecule has 6 heteroatoms. The van der Waals surface area contributed by atoms with Crippen LogP contribution in [0.15, 0.2) is 12.7 Å². The van der Waals surface area contributed by atoms with Crippen molar-refractivity contribution in [2.45, 2.75) is 19.8 Å². The van der Waals surface area contributed by atoms with Gasteiger partial charge in [-0.15, -0.1) is 0 Å². The van der Waals surface area contributed by atoms with Crippen LogP contribution in [0, 0.1) is 5.92 Å². The molecule has 0 radical (unpaired) electrons. The molecule has 0 aromatic heterocycles. The van der Waals surface area contributed by atoms with Gasteiger partial charge in [-0.25, -0.2) is 4.79 Å². The van der Waals surface area contributed by atoms with Gasteiger partial charge < -0.3 is 9.47 Å². The van der Waals surface area contributed by atoms with Gasteiger partial charge in [0, 0.05) is 6.08 Å². The van der Waals surface area contributed by atoms with Crippen LogP contribution >= 0.6 is 0 Å². The van der Waals surface area contributed by atoms with E-state index in [-0.39, 0.29) is 44.2 Å². The summed E-state index contributed by atoms with van der Waals surface area (Å²) in [5, 5.41) is 0. The first kappa shape index (κ1) is 18.0. The van der Waals surface area contributed by atoms with E-state index in [9.17, 15) is 14.4 Å². The third-order valence-corrected chi connectivity index (χ3v) is 1.72. The zero-order chi connectivity index (χ0) is 11.8. The first-order valence-electron chi connectivity index (χ1n) is 4.52. The maximum atomic E-state index is 11.3. The Balaban J connectivity index is 0. The van der Waals surface area contributed by atoms with Crippen molar-refractivity contribution in [1.29, 1.82) is 0 Å². The van der Waals surface area contributed by atoms with E-state index in [4.69, 9.17) is 0 Å². The molecule has 0 spiro atoms. The molecule has 0 aliphatic heterocycles. The number of rotatable bonds is 5. The van der Waals surface area contributed by atoms with Gasteiger partial charge in [-0.3, -0.25) is 9.59 Å². The fraction of sp³-hybridized carbons (Fsp3) is 0.500. The number of methoxy groups -OCH3 is 1. The van der Waals surface area contributed by atoms with E-state index >= 15 is 0 Å². The molecule has 0 saturated carbocycles. The van der Waals surface area contributed by atoms with E-state index in [0.29, 0.717) is 6.42 Å². The SMILES string of the molecule is C=CC(=O)OC(=O)C(CCC)C(=O)OC.[CaH2]. The zero-order valence-corrected chi connectivity index (χ0v) is 8.82. The molecule has 0 saturated heterocycles. The summed E-state index contributed by atoms with van der Waals surface area (Å²) in [5.41, 5.74) is 0. The molecule has 0 heterocycles. The van der Waals surface area contributed by atoms with Gasteiger partial charge in [0.25, 0.3) is 0 Å². The average Bonchev–Trinajstić information content (AvgIpc) is 2.24. The zero-order valence-electron chi connectivity index (χ0n) is 8.82. The quantitative estimate of drug-likeness (QED) is 0.298. The van der Waals surface area contributed by atoms with Crippen LogP contribution in [-0.2, 0) is 23.9 Å². The molecule has 0 amide bonds. The predicted molar refractivity (Wildman–Crippen MR) is 60.3 cm³/mol. The minimum atomic E-state index is -1.04. The third-order valence-electron chi connectivity index (χ3n) is 1.72. The monoisotopic (exact) mass is 256 g/mol. The van der Waals surface area contributed by atoms with Crippen molar-refractivity contribution in [2.24, 2.45) is 5.92 Å². The molecule has 16 heavy (non-hydrogen) atoms. The Morgan fingerprint density at radius 3 is 2.25 bits per heavy atom. The van der Waals surface area contributed by atoms with Gasteiger partial charge >= 0.3 is 55.6 Å². The summed E-state index contributed by atoms with van der Waals surface area (Å²) >= 11 is 0. The summed E-state index contributed by atoms with van der Waals surface area (Å²) in [6.45, 7) is 4.95. The minimum absolute atomic E-state index is 0. The van der Waals surface area contributed by atoms with Crippen molar-refractivity contribution in [3.63, 3.8) is 0 Å². The molecule has 0 aliphatic carbocycles. The molecule has 0 aliphatic rings. The Morgan fingerprint density at radius 2 is 1.88 bits per heavy atom. The van der Waals surface area contributed by atoms with Gasteiger partial charge in [0.1, 0.15) is 0 Å². The fourth-order valence-electron chi connectivity index (χ4n) is 0.975. The first-order valence-corrected chi connectivity index (χ1v) is 4.52. The Bertz CT molecular complexity index is 274. The van der Waals surface area contributed by atoms with E-state index in [2.05, 4.69) is 16.1 Å². The first-order chi connectivity index (χ1) is 7.06. The normalized spacial score (nSPS) is 10.6. The Hall–Kier alpha value is -0.390. The van der Waals surface area contributed by atoms with Crippen molar-refractivity contribution >= 4 is 55.6 Å². The molecular formula is C10H16CaO5. The number of carbonyl (C=O) groups excluding carboxylic acids is 3. The van der Waals surface area contributed by atoms with Crippen LogP contribution in [0.4, 0.5) is 0 Å². The summed E-state index contributed by atoms with van der Waals surface area (Å²) in [7, 11) is 1.17. The van der Waals surface area contributed by atoms with Crippen LogP contribution in [0.3, 0.4) is 0 Å². The molecule has 1 unspecified atom stereocenters. The molecule has 5 nitrogen and oxygen atoms in total. The topological polar surface area (TPSA) is 69.7 Å². The summed E-state index contributed by atoms with van der Waals surface area (Å²) in [6.07, 6.45) is 1.76. The number of hydrogen-bond acceptors (Lipinski definition) is 5. The van der Waals surface area contributed by atoms with E-state index < -0.39 is 23.8 Å². The molecule has 88 valence electrons. The number of ether oxygens (including phenoxy) is 2. The second kappa shape index (κ2) is 9.81. The van der Waals surface area contributed by atoms with Gasteiger partial charge in [-0.1, -0.05) is 19.9 Å². The van der Waals surface area contributed by atoms with Crippen LogP contribution in [0.2, 0.25) is 0 Å². The standard InChI is InChI=1S/C10H14O5.Ca.2H/c1-4-6-7(9(12)14-3)10(13)15-8(11)5-2;;;/h5,7H,2,4,6H2,1,3H3;;;. The van der Waals surface area contributed by atoms with E-state index in [0.717, 1.165) is 6.08 Å². The van der Waals surface area contributed by atoms with Crippen molar-refractivity contribution in [2.75, 3.05) is 7.11 Å². The van der Waals surface area contributed by atoms with Crippen molar-refractivity contribution < 1.29 is 23.9 Å². The van der Waals surface area contributed by atoms with E-state index in [1.165, 1.54) is 7.11 Å². The predicted octanol–water partition coefficient (Wildman–Crippen LogP) is -0.0847. The average molecular weight is 256 g/mol. The summed E-state index contributed by atoms with van der Waals surface area (Å²) in [5.74, 6) is -3.50. The Morgan fingerprint density at radius 1 is 1.31 bits per heavy atom. The third kappa shape index (κ3) is 6.25. The second-order valence-corrected chi connectivity index (χ2v) is 2.81. The van der Waals surface area contributed by atoms with Crippen molar-refractivity contribution in [1.82, 2.24) is 0 Å². The maximum absolute atomic E-state index is 11.3. The summed E-state index contributed by atoms with van der Waals surface area (Å²) < 4.78 is 8.76. The van der Waals surface area contributed by atoms with E-state index in [1.807, 2.05) is 0 Å². The van der Waals surface area contributed by atoms with Gasteiger partial charge in [0.05, 0.1) is 7.11 Å². The molecule has 0 aromatic rings. The second-order valence-electron chi connectivity index (χ2n) is 2.81. The van der Waals surface area contributed by atoms with Gasteiger partial charge in [0.2, 0.25) is 0 Å². The Kier molecular flexibility index (Phi) is 11.0. The number of hydrogen-bond donors (Lipinski definition) is 0. The molecule has 0 bridgehead atoms. The van der Waals surface area contributed by atoms with Crippen LogP contribution < -0.4 is 0 Å². The summed E-state index contributed by atoms with van der Waals surface area (Å²) in [6, 6.07) is 0. The molecule has 0 aromatic carbocycles. The van der Waals surface area contributed by atoms with Gasteiger partial charge in [0.15, 0.2) is 5.92 Å². The van der Waals surface area contributed by atoms with E-state index in [1.54, 1.807) is 6.92 Å². The molecule has 0 fully saturated rings. The van der Waals surface area contributed by atoms with Crippen LogP contribution in [0.1, 0.15) is 19.8 Å². The molecule has 0 N–H and O–H groups in total. The summed E-state index contributed by atoms with van der Waals surface area (Å²) in [4.78, 5) is 33.2. The van der Waals surface area contributed by atoms with Crippen LogP contribution in [0.25, 0.3) is 0 Å². The number of carbonyl (C=O) groups is 3. The Labute approximate surface area is 124 Å². The fourth-order valence-corrected chi connectivity index (χ4v) is 0.975. The van der Waals surface area contributed by atoms with Gasteiger partial charge in [-0.05, 0) is 6.42 Å². The number of esters is 3. The molecule has 1 atom stereocenters. The van der Waals surface area contributed by atoms with Crippen LogP contribution in [0.5, 0.6) is 0 Å². The van der Waals surface area contributed by atoms with Crippen molar-refractivity contribution in [3.8, 4) is 0 Å². The molecular weight excluding hydrogens is 240 g/mol.